The van der Waals surface area contributed by atoms with Gasteiger partial charge in [-0.15, -0.1) is 0 Å². The van der Waals surface area contributed by atoms with Gasteiger partial charge in [0.25, 0.3) is 0 Å². The fourth-order valence-electron chi connectivity index (χ4n) is 0.556. The number of allylic oxidation sites excluding steroid dienone is 1. The van der Waals surface area contributed by atoms with Gasteiger partial charge in [-0.1, -0.05) is 18.8 Å². The van der Waals surface area contributed by atoms with Gasteiger partial charge in [0.15, 0.2) is 0 Å². The summed E-state index contributed by atoms with van der Waals surface area (Å²) in [6, 6.07) is 0. The third-order valence-electron chi connectivity index (χ3n) is 1.07. The number of hydrogen-bond donors (Lipinski definition) is 0. The van der Waals surface area contributed by atoms with Crippen LogP contribution in [0, 0.1) is 11.8 Å². The van der Waals surface area contributed by atoms with Crippen LogP contribution in [-0.2, 0) is 9.53 Å². The van der Waals surface area contributed by atoms with Gasteiger partial charge in [-0.3, -0.25) is 0 Å². The quantitative estimate of drug-likeness (QED) is 0.363. The summed E-state index contributed by atoms with van der Waals surface area (Å²) in [6.07, 6.45) is 4.77. The molecule has 2 nitrogen and oxygen atoms in total. The van der Waals surface area contributed by atoms with Crippen LogP contribution in [0.3, 0.4) is 0 Å². The molecule has 0 aromatic rings. The van der Waals surface area contributed by atoms with Crippen molar-refractivity contribution in [2.24, 2.45) is 0 Å². The number of hydrogen-bond acceptors (Lipinski definition) is 2. The molecule has 0 atom stereocenters. The second-order valence-corrected chi connectivity index (χ2v) is 2.16. The normalized spacial score (nSPS) is 9.17. The van der Waals surface area contributed by atoms with E-state index in [0.29, 0.717) is 6.61 Å². The van der Waals surface area contributed by atoms with Crippen molar-refractivity contribution in [3.05, 3.63) is 12.2 Å². The lowest BCUT2D eigenvalue weighted by atomic mass is 10.3. The minimum atomic E-state index is -0.330. The van der Waals surface area contributed by atoms with Gasteiger partial charge in [0.1, 0.15) is 0 Å². The topological polar surface area (TPSA) is 26.3 Å². The molecule has 0 fully saturated rings. The number of unbranched alkanes of at least 4 members (excludes halogenated alkanes) is 1. The third-order valence-corrected chi connectivity index (χ3v) is 1.07. The lowest BCUT2D eigenvalue weighted by molar-refractivity contribution is -0.137. The van der Waals surface area contributed by atoms with E-state index in [0.717, 1.165) is 12.8 Å². The van der Waals surface area contributed by atoms with E-state index in [2.05, 4.69) is 23.5 Å². The Kier molecular flexibility index (Phi) is 7.07. The molecule has 0 bridgehead atoms. The Morgan fingerprint density at radius 1 is 1.50 bits per heavy atom. The molecule has 0 aliphatic rings. The Morgan fingerprint density at radius 2 is 2.25 bits per heavy atom. The number of carbonyl (C=O) groups excluding carboxylic acids is 1. The zero-order chi connectivity index (χ0) is 9.23. The predicted octanol–water partition coefficient (Wildman–Crippen LogP) is 1.91. The fraction of sp³-hybridized carbons (Fsp3) is 0.500. The van der Waals surface area contributed by atoms with Gasteiger partial charge < -0.3 is 4.74 Å². The van der Waals surface area contributed by atoms with Crippen molar-refractivity contribution in [2.45, 2.75) is 26.7 Å². The second kappa shape index (κ2) is 7.87. The van der Waals surface area contributed by atoms with Crippen molar-refractivity contribution in [2.75, 3.05) is 6.61 Å². The van der Waals surface area contributed by atoms with E-state index in [1.54, 1.807) is 6.92 Å². The third kappa shape index (κ3) is 6.88. The number of rotatable bonds is 3. The standard InChI is InChI=1S/C10H14O2/c1-3-5-6-7-8-9-10(11)12-4-2/h8-9H,3-5H2,1-2H3/b9-8-. The molecular weight excluding hydrogens is 152 g/mol. The Labute approximate surface area is 73.6 Å². The minimum absolute atomic E-state index is 0.330. The Hall–Kier alpha value is -1.23. The van der Waals surface area contributed by atoms with Gasteiger partial charge in [-0.2, -0.15) is 0 Å². The summed E-state index contributed by atoms with van der Waals surface area (Å²) in [4.78, 5) is 10.7. The molecule has 0 saturated heterocycles. The SMILES string of the molecule is CCCC#C/C=C\C(=O)OCC. The molecule has 0 N–H and O–H groups in total. The molecule has 0 unspecified atom stereocenters. The second-order valence-electron chi connectivity index (χ2n) is 2.16. The molecule has 0 heterocycles. The zero-order valence-electron chi connectivity index (χ0n) is 7.59. The molecule has 0 amide bonds. The predicted molar refractivity (Wildman–Crippen MR) is 48.5 cm³/mol. The number of carbonyl (C=O) groups is 1. The highest BCUT2D eigenvalue weighted by molar-refractivity contribution is 5.82. The summed E-state index contributed by atoms with van der Waals surface area (Å²) >= 11 is 0. The van der Waals surface area contributed by atoms with Crippen molar-refractivity contribution in [1.29, 1.82) is 0 Å². The molecule has 0 aliphatic carbocycles. The zero-order valence-corrected chi connectivity index (χ0v) is 7.59. The number of esters is 1. The summed E-state index contributed by atoms with van der Waals surface area (Å²) in [5.41, 5.74) is 0. The first-order valence-electron chi connectivity index (χ1n) is 4.13. The average Bonchev–Trinajstić information content (AvgIpc) is 2.05. The summed E-state index contributed by atoms with van der Waals surface area (Å²) in [5, 5.41) is 0. The van der Waals surface area contributed by atoms with Crippen LogP contribution in [-0.4, -0.2) is 12.6 Å². The maximum absolute atomic E-state index is 10.7. The molecule has 2 heteroatoms. The van der Waals surface area contributed by atoms with Crippen LogP contribution < -0.4 is 0 Å². The molecule has 66 valence electrons. The first kappa shape index (κ1) is 10.8. The van der Waals surface area contributed by atoms with Crippen LogP contribution in [0.15, 0.2) is 12.2 Å². The average molecular weight is 166 g/mol. The van der Waals surface area contributed by atoms with E-state index in [1.165, 1.54) is 12.2 Å². The van der Waals surface area contributed by atoms with Crippen LogP contribution in [0.5, 0.6) is 0 Å². The van der Waals surface area contributed by atoms with Crippen molar-refractivity contribution in [3.8, 4) is 11.8 Å². The van der Waals surface area contributed by atoms with Gasteiger partial charge in [-0.05, 0) is 19.4 Å². The highest BCUT2D eigenvalue weighted by Crippen LogP contribution is 1.83. The Bertz CT molecular complexity index is 206. The van der Waals surface area contributed by atoms with E-state index in [1.807, 2.05) is 0 Å². The van der Waals surface area contributed by atoms with Gasteiger partial charge in [0.05, 0.1) is 6.61 Å². The van der Waals surface area contributed by atoms with E-state index in [9.17, 15) is 4.79 Å². The molecule has 0 aliphatic heterocycles. The first-order chi connectivity index (χ1) is 5.81. The van der Waals surface area contributed by atoms with Crippen LogP contribution in [0.25, 0.3) is 0 Å². The Morgan fingerprint density at radius 3 is 2.83 bits per heavy atom. The van der Waals surface area contributed by atoms with E-state index < -0.39 is 0 Å². The maximum atomic E-state index is 10.7. The van der Waals surface area contributed by atoms with Gasteiger partial charge in [0.2, 0.25) is 0 Å². The molecule has 12 heavy (non-hydrogen) atoms. The van der Waals surface area contributed by atoms with Crippen molar-refractivity contribution in [3.63, 3.8) is 0 Å². The lowest BCUT2D eigenvalue weighted by Gasteiger charge is -1.91. The van der Waals surface area contributed by atoms with E-state index in [-0.39, 0.29) is 5.97 Å². The van der Waals surface area contributed by atoms with Crippen LogP contribution in [0.2, 0.25) is 0 Å². The summed E-state index contributed by atoms with van der Waals surface area (Å²) in [6.45, 7) is 4.24. The highest BCUT2D eigenvalue weighted by atomic mass is 16.5. The first-order valence-corrected chi connectivity index (χ1v) is 4.13. The molecule has 0 radical (unpaired) electrons. The monoisotopic (exact) mass is 166 g/mol. The molecule has 0 spiro atoms. The van der Waals surface area contributed by atoms with Crippen LogP contribution in [0.1, 0.15) is 26.7 Å². The highest BCUT2D eigenvalue weighted by Gasteiger charge is 1.89. The largest absolute Gasteiger partial charge is 0.463 e. The molecule has 0 aromatic heterocycles. The summed E-state index contributed by atoms with van der Waals surface area (Å²) in [5.74, 6) is 5.30. The van der Waals surface area contributed by atoms with Crippen molar-refractivity contribution < 1.29 is 9.53 Å². The Balaban J connectivity index is 3.62. The minimum Gasteiger partial charge on any atom is -0.463 e. The van der Waals surface area contributed by atoms with Gasteiger partial charge >= 0.3 is 5.97 Å². The molecule has 0 saturated carbocycles. The van der Waals surface area contributed by atoms with Crippen LogP contribution >= 0.6 is 0 Å². The summed E-state index contributed by atoms with van der Waals surface area (Å²) < 4.78 is 4.65. The molecule has 0 rings (SSSR count). The lowest BCUT2D eigenvalue weighted by Crippen LogP contribution is -1.98. The van der Waals surface area contributed by atoms with Crippen molar-refractivity contribution in [1.82, 2.24) is 0 Å². The van der Waals surface area contributed by atoms with Gasteiger partial charge in [0, 0.05) is 12.5 Å². The van der Waals surface area contributed by atoms with Gasteiger partial charge in [-0.25, -0.2) is 4.79 Å². The van der Waals surface area contributed by atoms with E-state index in [4.69, 9.17) is 0 Å². The maximum Gasteiger partial charge on any atom is 0.331 e. The molecular formula is C10H14O2. The smallest absolute Gasteiger partial charge is 0.331 e. The summed E-state index contributed by atoms with van der Waals surface area (Å²) in [7, 11) is 0. The van der Waals surface area contributed by atoms with E-state index >= 15 is 0 Å². The van der Waals surface area contributed by atoms with Crippen molar-refractivity contribution >= 4 is 5.97 Å². The fourth-order valence-corrected chi connectivity index (χ4v) is 0.556. The molecule has 0 aromatic carbocycles. The van der Waals surface area contributed by atoms with Crippen LogP contribution in [0.4, 0.5) is 0 Å². The number of ether oxygens (including phenoxy) is 1.